The lowest BCUT2D eigenvalue weighted by atomic mass is 10.0. The summed E-state index contributed by atoms with van der Waals surface area (Å²) in [4.78, 5) is 12.0. The van der Waals surface area contributed by atoms with E-state index in [1.807, 2.05) is 26.0 Å². The van der Waals surface area contributed by atoms with E-state index in [1.54, 1.807) is 0 Å². The van der Waals surface area contributed by atoms with E-state index in [-0.39, 0.29) is 11.9 Å². The Kier molecular flexibility index (Phi) is 3.79. The maximum Gasteiger partial charge on any atom is 0.241 e. The molecule has 1 fully saturated rings. The molecular weight excluding hydrogens is 212 g/mol. The summed E-state index contributed by atoms with van der Waals surface area (Å²) in [5.74, 6) is 0.0923. The fraction of sp³-hybridized carbons (Fsp3) is 0.500. The maximum absolute atomic E-state index is 12.0. The molecule has 1 aliphatic rings. The largest absolute Gasteiger partial charge is 0.325 e. The van der Waals surface area contributed by atoms with E-state index in [9.17, 15) is 4.79 Å². The highest BCUT2D eigenvalue weighted by Crippen LogP contribution is 2.15. The molecule has 0 unspecified atom stereocenters. The fourth-order valence-corrected chi connectivity index (χ4v) is 2.35. The van der Waals surface area contributed by atoms with E-state index < -0.39 is 0 Å². The minimum Gasteiger partial charge on any atom is -0.325 e. The van der Waals surface area contributed by atoms with Gasteiger partial charge in [0, 0.05) is 5.69 Å². The van der Waals surface area contributed by atoms with Crippen molar-refractivity contribution in [3.8, 4) is 0 Å². The van der Waals surface area contributed by atoms with E-state index in [4.69, 9.17) is 0 Å². The molecule has 17 heavy (non-hydrogen) atoms. The van der Waals surface area contributed by atoms with Crippen LogP contribution in [0.4, 0.5) is 5.69 Å². The number of benzene rings is 1. The fourth-order valence-electron chi connectivity index (χ4n) is 2.35. The lowest BCUT2D eigenvalue weighted by molar-refractivity contribution is -0.118. The molecule has 3 heteroatoms. The number of piperidine rings is 1. The van der Waals surface area contributed by atoms with Gasteiger partial charge in [0.05, 0.1) is 6.04 Å². The molecule has 0 bridgehead atoms. The first-order valence-electron chi connectivity index (χ1n) is 6.28. The zero-order chi connectivity index (χ0) is 12.3. The summed E-state index contributed by atoms with van der Waals surface area (Å²) in [6.07, 6.45) is 3.25. The van der Waals surface area contributed by atoms with Crippen LogP contribution in [0.5, 0.6) is 0 Å². The molecule has 1 atom stereocenters. The van der Waals surface area contributed by atoms with E-state index in [2.05, 4.69) is 16.7 Å². The monoisotopic (exact) mass is 232 g/mol. The Labute approximate surface area is 103 Å². The number of amides is 1. The Hall–Kier alpha value is -1.35. The number of anilines is 1. The van der Waals surface area contributed by atoms with E-state index in [0.29, 0.717) is 0 Å². The van der Waals surface area contributed by atoms with Crippen molar-refractivity contribution in [2.75, 3.05) is 11.9 Å². The first-order chi connectivity index (χ1) is 8.15. The lowest BCUT2D eigenvalue weighted by Crippen LogP contribution is -2.43. The summed E-state index contributed by atoms with van der Waals surface area (Å²) in [6, 6.07) is 6.10. The molecule has 2 rings (SSSR count). The summed E-state index contributed by atoms with van der Waals surface area (Å²) in [7, 11) is 0. The van der Waals surface area contributed by atoms with Crippen LogP contribution < -0.4 is 10.6 Å². The zero-order valence-electron chi connectivity index (χ0n) is 10.5. The van der Waals surface area contributed by atoms with Crippen LogP contribution in [0.15, 0.2) is 18.2 Å². The second-order valence-corrected chi connectivity index (χ2v) is 4.87. The van der Waals surface area contributed by atoms with Gasteiger partial charge in [-0.15, -0.1) is 0 Å². The summed E-state index contributed by atoms with van der Waals surface area (Å²) >= 11 is 0. The second-order valence-electron chi connectivity index (χ2n) is 4.87. The van der Waals surface area contributed by atoms with E-state index in [1.165, 1.54) is 17.5 Å². The zero-order valence-corrected chi connectivity index (χ0v) is 10.5. The molecule has 0 saturated carbocycles. The molecule has 1 aliphatic heterocycles. The number of aryl methyl sites for hydroxylation is 2. The summed E-state index contributed by atoms with van der Waals surface area (Å²) in [6.45, 7) is 5.04. The molecular formula is C14H20N2O. The molecule has 0 radical (unpaired) electrons. The highest BCUT2D eigenvalue weighted by atomic mass is 16.2. The topological polar surface area (TPSA) is 41.1 Å². The third-order valence-corrected chi connectivity index (χ3v) is 3.12. The smallest absolute Gasteiger partial charge is 0.241 e. The predicted molar refractivity (Wildman–Crippen MR) is 70.2 cm³/mol. The summed E-state index contributed by atoms with van der Waals surface area (Å²) in [5.41, 5.74) is 3.26. The SMILES string of the molecule is Cc1cc(C)cc(NC(=O)[C@H]2CCCCN2)c1. The van der Waals surface area contributed by atoms with Gasteiger partial charge in [0.2, 0.25) is 5.91 Å². The van der Waals surface area contributed by atoms with Gasteiger partial charge in [-0.3, -0.25) is 4.79 Å². The number of carbonyl (C=O) groups is 1. The first-order valence-corrected chi connectivity index (χ1v) is 6.28. The molecule has 1 aromatic rings. The van der Waals surface area contributed by atoms with Crippen molar-refractivity contribution in [2.24, 2.45) is 0 Å². The average Bonchev–Trinajstić information content (AvgIpc) is 2.28. The van der Waals surface area contributed by atoms with Crippen LogP contribution in [0.2, 0.25) is 0 Å². The van der Waals surface area contributed by atoms with Crippen molar-refractivity contribution in [1.82, 2.24) is 5.32 Å². The minimum atomic E-state index is -0.0235. The quantitative estimate of drug-likeness (QED) is 0.822. The molecule has 0 spiro atoms. The third-order valence-electron chi connectivity index (χ3n) is 3.12. The van der Waals surface area contributed by atoms with Gasteiger partial charge >= 0.3 is 0 Å². The Balaban J connectivity index is 2.01. The first kappa shape index (κ1) is 12.1. The van der Waals surface area contributed by atoms with Gasteiger partial charge < -0.3 is 10.6 Å². The van der Waals surface area contributed by atoms with Crippen LogP contribution >= 0.6 is 0 Å². The van der Waals surface area contributed by atoms with E-state index in [0.717, 1.165) is 25.1 Å². The van der Waals surface area contributed by atoms with E-state index >= 15 is 0 Å². The average molecular weight is 232 g/mol. The molecule has 0 aliphatic carbocycles. The van der Waals surface area contributed by atoms with Gasteiger partial charge in [0.1, 0.15) is 0 Å². The highest BCUT2D eigenvalue weighted by molar-refractivity contribution is 5.95. The molecule has 1 heterocycles. The van der Waals surface area contributed by atoms with Crippen LogP contribution in [0.25, 0.3) is 0 Å². The van der Waals surface area contributed by atoms with Gasteiger partial charge in [-0.2, -0.15) is 0 Å². The van der Waals surface area contributed by atoms with Gasteiger partial charge in [0.25, 0.3) is 0 Å². The maximum atomic E-state index is 12.0. The van der Waals surface area contributed by atoms with Crippen LogP contribution in [0.3, 0.4) is 0 Å². The molecule has 0 aromatic heterocycles. The summed E-state index contributed by atoms with van der Waals surface area (Å²) in [5, 5.41) is 6.25. The Morgan fingerprint density at radius 1 is 1.24 bits per heavy atom. The van der Waals surface area contributed by atoms with Crippen molar-refractivity contribution >= 4 is 11.6 Å². The van der Waals surface area contributed by atoms with Crippen molar-refractivity contribution < 1.29 is 4.79 Å². The van der Waals surface area contributed by atoms with Crippen LogP contribution in [-0.4, -0.2) is 18.5 Å². The minimum absolute atomic E-state index is 0.0235. The van der Waals surface area contributed by atoms with Crippen molar-refractivity contribution in [3.63, 3.8) is 0 Å². The molecule has 92 valence electrons. The lowest BCUT2D eigenvalue weighted by Gasteiger charge is -2.22. The number of nitrogens with one attached hydrogen (secondary N) is 2. The number of hydrogen-bond donors (Lipinski definition) is 2. The number of rotatable bonds is 2. The molecule has 3 nitrogen and oxygen atoms in total. The van der Waals surface area contributed by atoms with Gasteiger partial charge in [-0.25, -0.2) is 0 Å². The van der Waals surface area contributed by atoms with Crippen molar-refractivity contribution in [3.05, 3.63) is 29.3 Å². The van der Waals surface area contributed by atoms with Gasteiger partial charge in [0.15, 0.2) is 0 Å². The van der Waals surface area contributed by atoms with Crippen molar-refractivity contribution in [1.29, 1.82) is 0 Å². The molecule has 1 amide bonds. The second kappa shape index (κ2) is 5.32. The summed E-state index contributed by atoms with van der Waals surface area (Å²) < 4.78 is 0. The van der Waals surface area contributed by atoms with Crippen LogP contribution in [0, 0.1) is 13.8 Å². The normalized spacial score (nSPS) is 20.0. The molecule has 2 N–H and O–H groups in total. The van der Waals surface area contributed by atoms with Crippen LogP contribution in [-0.2, 0) is 4.79 Å². The molecule has 1 aromatic carbocycles. The number of hydrogen-bond acceptors (Lipinski definition) is 2. The predicted octanol–water partition coefficient (Wildman–Crippen LogP) is 2.38. The standard InChI is InChI=1S/C14H20N2O/c1-10-7-11(2)9-12(8-10)16-14(17)13-5-3-4-6-15-13/h7-9,13,15H,3-6H2,1-2H3,(H,16,17)/t13-/m1/s1. The van der Waals surface area contributed by atoms with Gasteiger partial charge in [-0.1, -0.05) is 12.5 Å². The Morgan fingerprint density at radius 2 is 1.94 bits per heavy atom. The highest BCUT2D eigenvalue weighted by Gasteiger charge is 2.20. The van der Waals surface area contributed by atoms with Gasteiger partial charge in [-0.05, 0) is 56.5 Å². The molecule has 1 saturated heterocycles. The van der Waals surface area contributed by atoms with Crippen molar-refractivity contribution in [2.45, 2.75) is 39.2 Å². The number of carbonyl (C=O) groups excluding carboxylic acids is 1. The Morgan fingerprint density at radius 3 is 2.53 bits per heavy atom. The third kappa shape index (κ3) is 3.30. The van der Waals surface area contributed by atoms with Crippen LogP contribution in [0.1, 0.15) is 30.4 Å². The Bertz CT molecular complexity index is 388.